The Morgan fingerprint density at radius 2 is 1.90 bits per heavy atom. The highest BCUT2D eigenvalue weighted by Crippen LogP contribution is 2.23. The van der Waals surface area contributed by atoms with Crippen molar-refractivity contribution in [3.63, 3.8) is 0 Å². The lowest BCUT2D eigenvalue weighted by Gasteiger charge is -2.21. The minimum absolute atomic E-state index is 0. The van der Waals surface area contributed by atoms with Crippen molar-refractivity contribution in [1.29, 1.82) is 0 Å². The average molecular weight is 450 g/mol. The van der Waals surface area contributed by atoms with Crippen LogP contribution in [0.5, 0.6) is 5.75 Å². The molecule has 0 unspecified atom stereocenters. The zero-order chi connectivity index (χ0) is 20.9. The van der Waals surface area contributed by atoms with E-state index in [1.165, 1.54) is 10.9 Å². The number of ether oxygens (including phenoxy) is 1. The van der Waals surface area contributed by atoms with E-state index >= 15 is 0 Å². The van der Waals surface area contributed by atoms with E-state index in [1.54, 1.807) is 6.07 Å². The molecule has 2 aromatic carbocycles. The lowest BCUT2D eigenvalue weighted by molar-refractivity contribution is -0.124. The maximum Gasteiger partial charge on any atom is 0.258 e. The van der Waals surface area contributed by atoms with Gasteiger partial charge in [0, 0.05) is 39.8 Å². The number of halogens is 2. The number of aromatic amines is 1. The summed E-state index contributed by atoms with van der Waals surface area (Å²) in [6, 6.07) is 13.8. The molecule has 3 aromatic rings. The highest BCUT2D eigenvalue weighted by atomic mass is 35.5. The molecule has 1 amide bonds. The van der Waals surface area contributed by atoms with E-state index in [9.17, 15) is 4.79 Å². The Hall–Kier alpha value is -2.21. The second kappa shape index (κ2) is 10.7. The van der Waals surface area contributed by atoms with Crippen LogP contribution >= 0.6 is 24.0 Å². The van der Waals surface area contributed by atoms with Crippen LogP contribution in [0, 0.1) is 0 Å². The molecule has 5 nitrogen and oxygen atoms in total. The van der Waals surface area contributed by atoms with E-state index < -0.39 is 0 Å². The van der Waals surface area contributed by atoms with Crippen LogP contribution < -0.4 is 15.4 Å². The lowest BCUT2D eigenvalue weighted by atomic mass is 10.1. The number of carbonyl (C=O) groups is 1. The van der Waals surface area contributed by atoms with Crippen LogP contribution in [-0.2, 0) is 17.8 Å². The average Bonchev–Trinajstić information content (AvgIpc) is 3.06. The summed E-state index contributed by atoms with van der Waals surface area (Å²) in [6.07, 6.45) is 2.98. The fourth-order valence-electron chi connectivity index (χ4n) is 3.21. The summed E-state index contributed by atoms with van der Waals surface area (Å²) in [6.45, 7) is 7.22. The first-order chi connectivity index (χ1) is 13.8. The number of rotatable bonds is 8. The zero-order valence-electron chi connectivity index (χ0n) is 17.5. The number of nitrogens with one attached hydrogen (secondary N) is 3. The standard InChI is InChI=1S/C23H28ClN3O2.ClH/c1-23(2,3)27-22(28)15-29-21-9-8-18(24)12-17(21)13-25-11-10-16-14-26-20-7-5-4-6-19(16)20;/h4-9,12,14,25-26H,10-11,13,15H2,1-3H3,(H,27,28);1H. The highest BCUT2D eigenvalue weighted by Gasteiger charge is 2.15. The van der Waals surface area contributed by atoms with Crippen molar-refractivity contribution in [3.8, 4) is 5.75 Å². The fourth-order valence-corrected chi connectivity index (χ4v) is 3.40. The third-order valence-corrected chi connectivity index (χ3v) is 4.69. The fraction of sp³-hybridized carbons (Fsp3) is 0.348. The molecule has 0 aliphatic heterocycles. The third kappa shape index (κ3) is 6.94. The normalized spacial score (nSPS) is 11.2. The van der Waals surface area contributed by atoms with Crippen molar-refractivity contribution in [3.05, 3.63) is 64.8 Å². The Bertz CT molecular complexity index is 980. The second-order valence-electron chi connectivity index (χ2n) is 8.13. The van der Waals surface area contributed by atoms with Crippen LogP contribution in [0.3, 0.4) is 0 Å². The van der Waals surface area contributed by atoms with E-state index in [-0.39, 0.29) is 30.5 Å². The molecule has 30 heavy (non-hydrogen) atoms. The van der Waals surface area contributed by atoms with Gasteiger partial charge in [-0.15, -0.1) is 12.4 Å². The number of hydrogen-bond donors (Lipinski definition) is 3. The molecule has 3 N–H and O–H groups in total. The van der Waals surface area contributed by atoms with Gasteiger partial charge in [-0.25, -0.2) is 0 Å². The minimum atomic E-state index is -0.285. The van der Waals surface area contributed by atoms with E-state index in [2.05, 4.69) is 40.0 Å². The molecule has 0 saturated heterocycles. The third-order valence-electron chi connectivity index (χ3n) is 4.46. The monoisotopic (exact) mass is 449 g/mol. The van der Waals surface area contributed by atoms with Crippen LogP contribution in [0.1, 0.15) is 31.9 Å². The SMILES string of the molecule is CC(C)(C)NC(=O)COc1ccc(Cl)cc1CNCCc1c[nH]c2ccccc12.Cl. The number of fused-ring (bicyclic) bond motifs is 1. The van der Waals surface area contributed by atoms with Crippen molar-refractivity contribution < 1.29 is 9.53 Å². The maximum absolute atomic E-state index is 12.0. The summed E-state index contributed by atoms with van der Waals surface area (Å²) in [7, 11) is 0. The molecule has 0 bridgehead atoms. The maximum atomic E-state index is 12.0. The molecule has 0 aliphatic carbocycles. The van der Waals surface area contributed by atoms with Gasteiger partial charge in [-0.3, -0.25) is 4.79 Å². The van der Waals surface area contributed by atoms with Gasteiger partial charge in [-0.05, 0) is 63.6 Å². The largest absolute Gasteiger partial charge is 0.483 e. The van der Waals surface area contributed by atoms with Crippen LogP contribution in [-0.4, -0.2) is 29.6 Å². The van der Waals surface area contributed by atoms with Crippen molar-refractivity contribution in [2.45, 2.75) is 39.3 Å². The molecule has 0 radical (unpaired) electrons. The molecule has 162 valence electrons. The first kappa shape index (κ1) is 24.1. The molecule has 0 atom stereocenters. The Morgan fingerprint density at radius 3 is 2.67 bits per heavy atom. The van der Waals surface area contributed by atoms with E-state index in [0.717, 1.165) is 24.0 Å². The number of para-hydroxylation sites is 1. The van der Waals surface area contributed by atoms with E-state index in [4.69, 9.17) is 16.3 Å². The number of amides is 1. The van der Waals surface area contributed by atoms with Gasteiger partial charge < -0.3 is 20.4 Å². The summed E-state index contributed by atoms with van der Waals surface area (Å²) in [4.78, 5) is 15.3. The van der Waals surface area contributed by atoms with Crippen molar-refractivity contribution >= 4 is 40.8 Å². The Kier molecular flexibility index (Phi) is 8.59. The number of benzene rings is 2. The number of hydrogen-bond acceptors (Lipinski definition) is 3. The summed E-state index contributed by atoms with van der Waals surface area (Å²) in [5, 5.41) is 8.24. The predicted octanol–water partition coefficient (Wildman–Crippen LogP) is 4.87. The van der Waals surface area contributed by atoms with Gasteiger partial charge in [0.25, 0.3) is 5.91 Å². The molecule has 0 saturated carbocycles. The predicted molar refractivity (Wildman–Crippen MR) is 126 cm³/mol. The molecular weight excluding hydrogens is 421 g/mol. The highest BCUT2D eigenvalue weighted by molar-refractivity contribution is 6.30. The number of H-pyrrole nitrogens is 1. The molecule has 1 aromatic heterocycles. The zero-order valence-corrected chi connectivity index (χ0v) is 19.1. The van der Waals surface area contributed by atoms with Crippen LogP contribution in [0.25, 0.3) is 10.9 Å². The van der Waals surface area contributed by atoms with E-state index in [1.807, 2.05) is 39.0 Å². The lowest BCUT2D eigenvalue weighted by Crippen LogP contribution is -2.43. The van der Waals surface area contributed by atoms with Gasteiger partial charge in [-0.2, -0.15) is 0 Å². The van der Waals surface area contributed by atoms with Gasteiger partial charge in [0.2, 0.25) is 0 Å². The van der Waals surface area contributed by atoms with Crippen LogP contribution in [0.15, 0.2) is 48.7 Å². The van der Waals surface area contributed by atoms with Gasteiger partial charge in [-0.1, -0.05) is 29.8 Å². The van der Waals surface area contributed by atoms with E-state index in [0.29, 0.717) is 17.3 Å². The Labute approximate surface area is 188 Å². The van der Waals surface area contributed by atoms with Crippen molar-refractivity contribution in [2.24, 2.45) is 0 Å². The Morgan fingerprint density at radius 1 is 1.13 bits per heavy atom. The van der Waals surface area contributed by atoms with Crippen LogP contribution in [0.2, 0.25) is 5.02 Å². The second-order valence-corrected chi connectivity index (χ2v) is 8.56. The summed E-state index contributed by atoms with van der Waals surface area (Å²) < 4.78 is 5.74. The summed E-state index contributed by atoms with van der Waals surface area (Å²) in [5.41, 5.74) is 3.09. The molecule has 0 aliphatic rings. The van der Waals surface area contributed by atoms with Gasteiger partial charge in [0.15, 0.2) is 6.61 Å². The molecule has 3 rings (SSSR count). The molecule has 0 spiro atoms. The smallest absolute Gasteiger partial charge is 0.258 e. The van der Waals surface area contributed by atoms with Crippen LogP contribution in [0.4, 0.5) is 0 Å². The van der Waals surface area contributed by atoms with Crippen molar-refractivity contribution in [2.75, 3.05) is 13.2 Å². The molecule has 7 heteroatoms. The first-order valence-corrected chi connectivity index (χ1v) is 10.2. The quantitative estimate of drug-likeness (QED) is 0.429. The topological polar surface area (TPSA) is 66.2 Å². The summed E-state index contributed by atoms with van der Waals surface area (Å²) in [5.74, 6) is 0.517. The van der Waals surface area contributed by atoms with Gasteiger partial charge in [0.1, 0.15) is 5.75 Å². The molecular formula is C23H29Cl2N3O2. The van der Waals surface area contributed by atoms with Crippen molar-refractivity contribution in [1.82, 2.24) is 15.6 Å². The minimum Gasteiger partial charge on any atom is -0.483 e. The number of aromatic nitrogens is 1. The molecule has 0 fully saturated rings. The number of carbonyl (C=O) groups excluding carboxylic acids is 1. The summed E-state index contributed by atoms with van der Waals surface area (Å²) >= 11 is 6.16. The molecule has 1 heterocycles. The first-order valence-electron chi connectivity index (χ1n) is 9.80. The Balaban J connectivity index is 0.00000320. The van der Waals surface area contributed by atoms with Gasteiger partial charge in [0.05, 0.1) is 0 Å². The van der Waals surface area contributed by atoms with Gasteiger partial charge >= 0.3 is 0 Å².